The normalized spacial score (nSPS) is 11.9. The lowest BCUT2D eigenvalue weighted by atomic mass is 9.98. The molecule has 5 heteroatoms. The molecule has 5 nitrogen and oxygen atoms in total. The molecular formula is C23H21N3O2. The molecule has 2 heterocycles. The van der Waals surface area contributed by atoms with Crippen molar-refractivity contribution in [2.45, 2.75) is 19.4 Å². The molecule has 0 spiro atoms. The van der Waals surface area contributed by atoms with E-state index in [1.165, 1.54) is 5.56 Å². The summed E-state index contributed by atoms with van der Waals surface area (Å²) in [6.07, 6.45) is 5.93. The molecule has 0 radical (unpaired) electrons. The third-order valence-electron chi connectivity index (χ3n) is 4.78. The average Bonchev–Trinajstić information content (AvgIpc) is 3.41. The van der Waals surface area contributed by atoms with Crippen molar-refractivity contribution in [3.05, 3.63) is 96.4 Å². The van der Waals surface area contributed by atoms with E-state index in [1.807, 2.05) is 60.9 Å². The zero-order valence-electron chi connectivity index (χ0n) is 15.6. The second-order valence-corrected chi connectivity index (χ2v) is 6.71. The summed E-state index contributed by atoms with van der Waals surface area (Å²) in [4.78, 5) is 12.8. The number of rotatable bonds is 6. The maximum absolute atomic E-state index is 12.8. The first-order valence-corrected chi connectivity index (χ1v) is 9.19. The monoisotopic (exact) mass is 371 g/mol. The van der Waals surface area contributed by atoms with Gasteiger partial charge in [-0.1, -0.05) is 41.6 Å². The fourth-order valence-electron chi connectivity index (χ4n) is 3.39. The van der Waals surface area contributed by atoms with E-state index < -0.39 is 0 Å². The van der Waals surface area contributed by atoms with Gasteiger partial charge in [-0.05, 0) is 42.3 Å². The number of nitrogens with one attached hydrogen (secondary N) is 1. The van der Waals surface area contributed by atoms with Crippen LogP contribution in [0.25, 0.3) is 11.3 Å². The fraction of sp³-hybridized carbons (Fsp3) is 0.130. The first-order chi connectivity index (χ1) is 13.7. The highest BCUT2D eigenvalue weighted by Gasteiger charge is 2.19. The minimum absolute atomic E-state index is 0.0447. The summed E-state index contributed by atoms with van der Waals surface area (Å²) in [6.45, 7) is 2.07. The number of hydrogen-bond acceptors (Lipinski definition) is 3. The minimum Gasteiger partial charge on any atom is -0.356 e. The molecule has 4 aromatic rings. The number of amides is 1. The second kappa shape index (κ2) is 7.96. The maximum Gasteiger partial charge on any atom is 0.226 e. The fourth-order valence-corrected chi connectivity index (χ4v) is 3.39. The minimum atomic E-state index is -0.0614. The molecule has 1 N–H and O–H groups in total. The zero-order valence-corrected chi connectivity index (χ0v) is 15.6. The lowest BCUT2D eigenvalue weighted by molar-refractivity contribution is -0.116. The van der Waals surface area contributed by atoms with Crippen LogP contribution >= 0.6 is 0 Å². The van der Waals surface area contributed by atoms with Crippen molar-refractivity contribution in [3.8, 4) is 11.3 Å². The number of aromatic nitrogens is 2. The van der Waals surface area contributed by atoms with Gasteiger partial charge in [0.2, 0.25) is 5.91 Å². The Morgan fingerprint density at radius 3 is 2.64 bits per heavy atom. The number of benzene rings is 2. The highest BCUT2D eigenvalue weighted by Crippen LogP contribution is 2.27. The van der Waals surface area contributed by atoms with Gasteiger partial charge in [0, 0.05) is 29.7 Å². The zero-order chi connectivity index (χ0) is 19.3. The van der Waals surface area contributed by atoms with Crippen LogP contribution in [0.2, 0.25) is 0 Å². The van der Waals surface area contributed by atoms with Crippen molar-refractivity contribution >= 4 is 11.6 Å². The molecule has 4 rings (SSSR count). The average molecular weight is 371 g/mol. The van der Waals surface area contributed by atoms with Gasteiger partial charge >= 0.3 is 0 Å². The van der Waals surface area contributed by atoms with E-state index in [4.69, 9.17) is 4.52 Å². The topological polar surface area (TPSA) is 60.1 Å². The summed E-state index contributed by atoms with van der Waals surface area (Å²) >= 11 is 0. The summed E-state index contributed by atoms with van der Waals surface area (Å²) in [5, 5.41) is 6.75. The lowest BCUT2D eigenvalue weighted by Gasteiger charge is -2.21. The van der Waals surface area contributed by atoms with Crippen LogP contribution in [0.1, 0.15) is 23.6 Å². The van der Waals surface area contributed by atoms with Gasteiger partial charge in [-0.25, -0.2) is 0 Å². The molecule has 0 aliphatic rings. The van der Waals surface area contributed by atoms with E-state index in [1.54, 1.807) is 12.3 Å². The first-order valence-electron chi connectivity index (χ1n) is 9.19. The number of aryl methyl sites for hydroxylation is 1. The van der Waals surface area contributed by atoms with E-state index in [9.17, 15) is 4.79 Å². The maximum atomic E-state index is 12.8. The Morgan fingerprint density at radius 2 is 1.89 bits per heavy atom. The molecule has 2 aromatic heterocycles. The standard InChI is InChI=1S/C23H21N3O2/c1-17-7-2-3-10-20(17)21(26-13-4-5-14-26)16-23(27)25-19-9-6-8-18(15-19)22-11-12-24-28-22/h2-15,21H,16H2,1H3,(H,25,27). The number of anilines is 1. The van der Waals surface area contributed by atoms with Gasteiger partial charge in [-0.3, -0.25) is 4.79 Å². The van der Waals surface area contributed by atoms with Crippen LogP contribution in [0.15, 0.2) is 89.8 Å². The van der Waals surface area contributed by atoms with E-state index in [0.29, 0.717) is 12.2 Å². The molecule has 2 aromatic carbocycles. The SMILES string of the molecule is Cc1ccccc1C(CC(=O)Nc1cccc(-c2ccno2)c1)n1cccc1. The van der Waals surface area contributed by atoms with Crippen LogP contribution in [0.3, 0.4) is 0 Å². The van der Waals surface area contributed by atoms with Gasteiger partial charge in [0.25, 0.3) is 0 Å². The molecule has 1 atom stereocenters. The van der Waals surface area contributed by atoms with Crippen molar-refractivity contribution in [2.75, 3.05) is 5.32 Å². The molecular weight excluding hydrogens is 350 g/mol. The van der Waals surface area contributed by atoms with Crippen LogP contribution in [-0.4, -0.2) is 15.6 Å². The molecule has 0 fully saturated rings. The quantitative estimate of drug-likeness (QED) is 0.515. The van der Waals surface area contributed by atoms with Gasteiger partial charge in [0.1, 0.15) is 0 Å². The summed E-state index contributed by atoms with van der Waals surface area (Å²) in [5.74, 6) is 0.623. The highest BCUT2D eigenvalue weighted by molar-refractivity contribution is 5.92. The predicted molar refractivity (Wildman–Crippen MR) is 109 cm³/mol. The van der Waals surface area contributed by atoms with E-state index in [2.05, 4.69) is 34.1 Å². The molecule has 28 heavy (non-hydrogen) atoms. The van der Waals surface area contributed by atoms with Crippen LogP contribution in [-0.2, 0) is 4.79 Å². The molecule has 0 saturated carbocycles. The molecule has 1 unspecified atom stereocenters. The number of carbonyl (C=O) groups is 1. The van der Waals surface area contributed by atoms with E-state index in [0.717, 1.165) is 16.8 Å². The van der Waals surface area contributed by atoms with Crippen molar-refractivity contribution in [3.63, 3.8) is 0 Å². The molecule has 1 amide bonds. The predicted octanol–water partition coefficient (Wildman–Crippen LogP) is 5.07. The van der Waals surface area contributed by atoms with Crippen LogP contribution < -0.4 is 5.32 Å². The Hall–Kier alpha value is -3.60. The summed E-state index contributed by atoms with van der Waals surface area (Å²) in [5.41, 5.74) is 3.91. The van der Waals surface area contributed by atoms with Gasteiger partial charge in [-0.15, -0.1) is 0 Å². The highest BCUT2D eigenvalue weighted by atomic mass is 16.5. The first kappa shape index (κ1) is 17.8. The smallest absolute Gasteiger partial charge is 0.226 e. The Balaban J connectivity index is 1.54. The third kappa shape index (κ3) is 3.88. The number of carbonyl (C=O) groups excluding carboxylic acids is 1. The van der Waals surface area contributed by atoms with E-state index >= 15 is 0 Å². The molecule has 140 valence electrons. The Bertz CT molecular complexity index is 1050. The summed E-state index contributed by atoms with van der Waals surface area (Å²) in [6, 6.07) is 21.4. The van der Waals surface area contributed by atoms with Crippen molar-refractivity contribution < 1.29 is 9.32 Å². The van der Waals surface area contributed by atoms with Crippen molar-refractivity contribution in [1.82, 2.24) is 9.72 Å². The molecule has 0 aliphatic heterocycles. The van der Waals surface area contributed by atoms with Crippen LogP contribution in [0.4, 0.5) is 5.69 Å². The molecule has 0 aliphatic carbocycles. The van der Waals surface area contributed by atoms with Gasteiger partial charge in [-0.2, -0.15) is 0 Å². The van der Waals surface area contributed by atoms with Gasteiger partial charge in [0.05, 0.1) is 18.7 Å². The number of hydrogen-bond donors (Lipinski definition) is 1. The molecule has 0 saturated heterocycles. The number of nitrogens with zero attached hydrogens (tertiary/aromatic N) is 2. The summed E-state index contributed by atoms with van der Waals surface area (Å²) < 4.78 is 7.27. The summed E-state index contributed by atoms with van der Waals surface area (Å²) in [7, 11) is 0. The van der Waals surface area contributed by atoms with Gasteiger partial charge in [0.15, 0.2) is 5.76 Å². The van der Waals surface area contributed by atoms with Crippen LogP contribution in [0.5, 0.6) is 0 Å². The van der Waals surface area contributed by atoms with Gasteiger partial charge < -0.3 is 14.4 Å². The van der Waals surface area contributed by atoms with Crippen molar-refractivity contribution in [2.24, 2.45) is 0 Å². The van der Waals surface area contributed by atoms with Crippen molar-refractivity contribution in [1.29, 1.82) is 0 Å². The Kier molecular flexibility index (Phi) is 5.06. The van der Waals surface area contributed by atoms with Crippen LogP contribution in [0, 0.1) is 6.92 Å². The third-order valence-corrected chi connectivity index (χ3v) is 4.78. The van der Waals surface area contributed by atoms with E-state index in [-0.39, 0.29) is 11.9 Å². The Morgan fingerprint density at radius 1 is 1.07 bits per heavy atom. The second-order valence-electron chi connectivity index (χ2n) is 6.71. The largest absolute Gasteiger partial charge is 0.356 e. The Labute approximate surface area is 163 Å². The molecule has 0 bridgehead atoms. The lowest BCUT2D eigenvalue weighted by Crippen LogP contribution is -2.20.